The molecule has 0 spiro atoms. The van der Waals surface area contributed by atoms with Gasteiger partial charge in [0.05, 0.1) is 19.8 Å². The van der Waals surface area contributed by atoms with Gasteiger partial charge in [-0.3, -0.25) is 0 Å². The van der Waals surface area contributed by atoms with Gasteiger partial charge in [0, 0.05) is 17.3 Å². The van der Waals surface area contributed by atoms with Crippen molar-refractivity contribution in [1.29, 1.82) is 0 Å². The highest BCUT2D eigenvalue weighted by atomic mass is 32.2. The second-order valence-corrected chi connectivity index (χ2v) is 7.21. The molecule has 2 aromatic carbocycles. The molecule has 4 rings (SSSR count). The molecule has 0 fully saturated rings. The van der Waals surface area contributed by atoms with E-state index in [-0.39, 0.29) is 0 Å². The van der Waals surface area contributed by atoms with Crippen LogP contribution >= 0.6 is 11.8 Å². The van der Waals surface area contributed by atoms with Crippen LogP contribution in [-0.2, 0) is 0 Å². The fourth-order valence-corrected chi connectivity index (χ4v) is 3.52. The maximum atomic E-state index is 6.27. The number of hydrogen-bond donors (Lipinski definition) is 1. The first-order valence-corrected chi connectivity index (χ1v) is 9.84. The number of fused-ring (bicyclic) bond motifs is 3. The number of rotatable bonds is 5. The van der Waals surface area contributed by atoms with Gasteiger partial charge in [0.15, 0.2) is 5.69 Å². The van der Waals surface area contributed by atoms with Crippen molar-refractivity contribution in [3.05, 3.63) is 48.0 Å². The summed E-state index contributed by atoms with van der Waals surface area (Å²) in [5, 5.41) is 12.6. The van der Waals surface area contributed by atoms with Gasteiger partial charge in [-0.1, -0.05) is 36.9 Å². The number of hydrogen-bond acceptors (Lipinski definition) is 8. The molecule has 1 aromatic heterocycles. The van der Waals surface area contributed by atoms with Crippen LogP contribution in [-0.4, -0.2) is 35.2 Å². The van der Waals surface area contributed by atoms with E-state index in [9.17, 15) is 0 Å². The number of aromatic nitrogens is 3. The van der Waals surface area contributed by atoms with Crippen LogP contribution in [0.1, 0.15) is 18.7 Å². The van der Waals surface area contributed by atoms with Crippen LogP contribution < -0.4 is 19.5 Å². The lowest BCUT2D eigenvalue weighted by molar-refractivity contribution is 0.219. The predicted molar refractivity (Wildman–Crippen MR) is 108 cm³/mol. The summed E-state index contributed by atoms with van der Waals surface area (Å²) in [7, 11) is 3.24. The van der Waals surface area contributed by atoms with Crippen LogP contribution in [0.4, 0.5) is 5.69 Å². The summed E-state index contributed by atoms with van der Waals surface area (Å²) in [6.07, 6.45) is -0.514. The van der Waals surface area contributed by atoms with Crippen molar-refractivity contribution in [2.45, 2.75) is 18.3 Å². The van der Waals surface area contributed by atoms with Crippen LogP contribution in [0.25, 0.3) is 11.3 Å². The van der Waals surface area contributed by atoms with Gasteiger partial charge in [-0.15, -0.1) is 10.2 Å². The van der Waals surface area contributed by atoms with Gasteiger partial charge < -0.3 is 19.5 Å². The van der Waals surface area contributed by atoms with Gasteiger partial charge >= 0.3 is 0 Å². The van der Waals surface area contributed by atoms with Crippen molar-refractivity contribution in [1.82, 2.24) is 15.2 Å². The van der Waals surface area contributed by atoms with E-state index in [0.29, 0.717) is 28.2 Å². The Morgan fingerprint density at radius 3 is 2.75 bits per heavy atom. The highest BCUT2D eigenvalue weighted by molar-refractivity contribution is 7.99. The summed E-state index contributed by atoms with van der Waals surface area (Å²) in [5.41, 5.74) is 3.21. The number of methoxy groups -OCH3 is 2. The fraction of sp³-hybridized carbons (Fsp3) is 0.250. The minimum atomic E-state index is -0.514. The smallest absolute Gasteiger partial charge is 0.247 e. The predicted octanol–water partition coefficient (Wildman–Crippen LogP) is 4.17. The normalized spacial score (nSPS) is 14.8. The Morgan fingerprint density at radius 1 is 1.11 bits per heavy atom. The van der Waals surface area contributed by atoms with Gasteiger partial charge in [-0.05, 0) is 24.0 Å². The molecule has 0 amide bonds. The first-order valence-electron chi connectivity index (χ1n) is 8.85. The molecule has 8 heteroatoms. The maximum absolute atomic E-state index is 6.27. The molecule has 0 aliphatic carbocycles. The zero-order valence-corrected chi connectivity index (χ0v) is 16.6. The summed E-state index contributed by atoms with van der Waals surface area (Å²) in [6.45, 7) is 2.04. The number of nitrogens with zero attached hydrogens (tertiary/aromatic N) is 3. The molecule has 2 heterocycles. The first kappa shape index (κ1) is 18.4. The summed E-state index contributed by atoms with van der Waals surface area (Å²) >= 11 is 1.52. The Balaban J connectivity index is 1.83. The molecule has 0 saturated carbocycles. The standard InChI is InChI=1S/C20H20N4O3S/c1-4-28-20-22-19-17(23-24-20)13-7-5-6-8-15(13)21-18(27-19)14-10-9-12(25-2)11-16(14)26-3/h5-11,18,21H,4H2,1-3H3. The maximum Gasteiger partial charge on any atom is 0.247 e. The van der Waals surface area contributed by atoms with Crippen LogP contribution in [0, 0.1) is 0 Å². The third-order valence-corrected chi connectivity index (χ3v) is 5.05. The largest absolute Gasteiger partial charge is 0.497 e. The Bertz CT molecular complexity index is 999. The van der Waals surface area contributed by atoms with Gasteiger partial charge in [0.2, 0.25) is 17.3 Å². The minimum absolute atomic E-state index is 0.436. The van der Waals surface area contributed by atoms with E-state index < -0.39 is 6.23 Å². The zero-order valence-electron chi connectivity index (χ0n) is 15.8. The van der Waals surface area contributed by atoms with Crippen molar-refractivity contribution >= 4 is 17.4 Å². The molecule has 1 unspecified atom stereocenters. The highest BCUT2D eigenvalue weighted by Gasteiger charge is 2.28. The van der Waals surface area contributed by atoms with Crippen molar-refractivity contribution < 1.29 is 14.2 Å². The molecule has 28 heavy (non-hydrogen) atoms. The molecule has 1 atom stereocenters. The van der Waals surface area contributed by atoms with E-state index >= 15 is 0 Å². The molecule has 0 saturated heterocycles. The molecule has 0 bridgehead atoms. The molecule has 1 aliphatic rings. The van der Waals surface area contributed by atoms with Crippen LogP contribution in [0.3, 0.4) is 0 Å². The molecule has 1 aliphatic heterocycles. The molecule has 1 N–H and O–H groups in total. The van der Waals surface area contributed by atoms with Crippen molar-refractivity contribution in [3.8, 4) is 28.6 Å². The number of ether oxygens (including phenoxy) is 3. The van der Waals surface area contributed by atoms with E-state index in [1.165, 1.54) is 11.8 Å². The average Bonchev–Trinajstić information content (AvgIpc) is 2.89. The van der Waals surface area contributed by atoms with E-state index in [1.807, 2.05) is 49.4 Å². The lowest BCUT2D eigenvalue weighted by Crippen LogP contribution is -2.18. The molecule has 3 aromatic rings. The second-order valence-electron chi connectivity index (χ2n) is 5.98. The van der Waals surface area contributed by atoms with Crippen LogP contribution in [0.15, 0.2) is 47.6 Å². The van der Waals surface area contributed by atoms with Gasteiger partial charge in [0.1, 0.15) is 11.5 Å². The third kappa shape index (κ3) is 3.43. The molecule has 144 valence electrons. The number of thioether (sulfide) groups is 1. The van der Waals surface area contributed by atoms with E-state index in [2.05, 4.69) is 20.5 Å². The van der Waals surface area contributed by atoms with Crippen LogP contribution in [0.5, 0.6) is 17.4 Å². The zero-order chi connectivity index (χ0) is 19.5. The SMILES string of the molecule is CCSc1nnc2c(n1)OC(c1ccc(OC)cc1OC)Nc1ccccc1-2. The van der Waals surface area contributed by atoms with E-state index in [4.69, 9.17) is 14.2 Å². The summed E-state index contributed by atoms with van der Waals surface area (Å²) in [4.78, 5) is 4.59. The summed E-state index contributed by atoms with van der Waals surface area (Å²) in [5.74, 6) is 2.65. The second kappa shape index (κ2) is 7.93. The van der Waals surface area contributed by atoms with Gasteiger partial charge in [0.25, 0.3) is 0 Å². The van der Waals surface area contributed by atoms with Gasteiger partial charge in [-0.25, -0.2) is 0 Å². The molecular formula is C20H20N4O3S. The third-order valence-electron chi connectivity index (χ3n) is 4.33. The molecule has 7 nitrogen and oxygen atoms in total. The highest BCUT2D eigenvalue weighted by Crippen LogP contribution is 2.41. The minimum Gasteiger partial charge on any atom is -0.497 e. The fourth-order valence-electron chi connectivity index (χ4n) is 3.01. The molecule has 0 radical (unpaired) electrons. The Hall–Kier alpha value is -3.00. The Labute approximate surface area is 167 Å². The molecular weight excluding hydrogens is 376 g/mol. The topological polar surface area (TPSA) is 78.4 Å². The lowest BCUT2D eigenvalue weighted by Gasteiger charge is -2.21. The Kier molecular flexibility index (Phi) is 5.21. The van der Waals surface area contributed by atoms with Gasteiger partial charge in [-0.2, -0.15) is 4.98 Å². The lowest BCUT2D eigenvalue weighted by atomic mass is 10.1. The monoisotopic (exact) mass is 396 g/mol. The summed E-state index contributed by atoms with van der Waals surface area (Å²) < 4.78 is 17.1. The van der Waals surface area contributed by atoms with Crippen molar-refractivity contribution in [2.75, 3.05) is 25.3 Å². The Morgan fingerprint density at radius 2 is 1.96 bits per heavy atom. The van der Waals surface area contributed by atoms with Crippen molar-refractivity contribution in [2.24, 2.45) is 0 Å². The average molecular weight is 396 g/mol. The van der Waals surface area contributed by atoms with E-state index in [0.717, 1.165) is 22.6 Å². The van der Waals surface area contributed by atoms with E-state index in [1.54, 1.807) is 14.2 Å². The van der Waals surface area contributed by atoms with Crippen molar-refractivity contribution in [3.63, 3.8) is 0 Å². The quantitative estimate of drug-likeness (QED) is 0.644. The van der Waals surface area contributed by atoms with Crippen LogP contribution in [0.2, 0.25) is 0 Å². The summed E-state index contributed by atoms with van der Waals surface area (Å²) in [6, 6.07) is 13.5. The first-order chi connectivity index (χ1) is 13.7. The number of para-hydroxylation sites is 1. The number of nitrogens with one attached hydrogen (secondary N) is 1. The number of anilines is 1. The number of benzene rings is 2.